The summed E-state index contributed by atoms with van der Waals surface area (Å²) in [7, 11) is -3.16. The number of nitrogens with one attached hydrogen (secondary N) is 1. The second-order valence-corrected chi connectivity index (χ2v) is 10.7. The van der Waals surface area contributed by atoms with Crippen LogP contribution in [0.4, 0.5) is 0 Å². The van der Waals surface area contributed by atoms with Gasteiger partial charge < -0.3 is 25.4 Å². The van der Waals surface area contributed by atoms with Crippen LogP contribution in [-0.2, 0) is 27.6 Å². The molecule has 0 heterocycles. The van der Waals surface area contributed by atoms with Crippen LogP contribution in [0.3, 0.4) is 0 Å². The summed E-state index contributed by atoms with van der Waals surface area (Å²) in [5, 5.41) is 32.3. The fraction of sp³-hybridized carbons (Fsp3) is 0.538. The second kappa shape index (κ2) is 15.1. The van der Waals surface area contributed by atoms with E-state index in [9.17, 15) is 18.6 Å². The fourth-order valence-corrected chi connectivity index (χ4v) is 4.37. The number of benzene rings is 2. The van der Waals surface area contributed by atoms with Crippen LogP contribution in [0.15, 0.2) is 47.4 Å². The highest BCUT2D eigenvalue weighted by Gasteiger charge is 2.10. The van der Waals surface area contributed by atoms with Crippen LogP contribution in [0, 0.1) is 0 Å². The standard InChI is InChI=1S/C26H39NO6S/c1-34(31,32)24-11-7-9-21(17-24)10-8-16-33-15-6-4-2-3-5-14-27-19-26(30)22-12-13-23(20-28)25(29)18-22/h7,9,11-13,17-18,26-30H,2-6,8,10,14-16,19-20H2,1H3. The lowest BCUT2D eigenvalue weighted by Crippen LogP contribution is -2.22. The Labute approximate surface area is 203 Å². The third-order valence-corrected chi connectivity index (χ3v) is 6.84. The Morgan fingerprint density at radius 2 is 1.71 bits per heavy atom. The largest absolute Gasteiger partial charge is 0.508 e. The van der Waals surface area contributed by atoms with Gasteiger partial charge in [0.2, 0.25) is 0 Å². The lowest BCUT2D eigenvalue weighted by atomic mass is 10.1. The van der Waals surface area contributed by atoms with Gasteiger partial charge in [0, 0.05) is 31.6 Å². The van der Waals surface area contributed by atoms with Crippen LogP contribution in [0.5, 0.6) is 5.75 Å². The fourth-order valence-electron chi connectivity index (χ4n) is 3.67. The molecule has 2 aromatic rings. The van der Waals surface area contributed by atoms with Gasteiger partial charge in [-0.25, -0.2) is 8.42 Å². The zero-order valence-corrected chi connectivity index (χ0v) is 20.9. The first kappa shape index (κ1) is 28.3. The van der Waals surface area contributed by atoms with Gasteiger partial charge in [0.05, 0.1) is 17.6 Å². The van der Waals surface area contributed by atoms with E-state index in [1.807, 2.05) is 6.07 Å². The number of aryl methyl sites for hydroxylation is 1. The van der Waals surface area contributed by atoms with Crippen molar-refractivity contribution >= 4 is 9.84 Å². The van der Waals surface area contributed by atoms with Gasteiger partial charge in [-0.3, -0.25) is 0 Å². The molecule has 0 bridgehead atoms. The first-order valence-corrected chi connectivity index (χ1v) is 13.9. The maximum atomic E-state index is 11.6. The number of hydrogen-bond donors (Lipinski definition) is 4. The van der Waals surface area contributed by atoms with Gasteiger partial charge in [0.1, 0.15) is 5.75 Å². The smallest absolute Gasteiger partial charge is 0.175 e. The minimum atomic E-state index is -3.16. The average molecular weight is 494 g/mol. The van der Waals surface area contributed by atoms with Gasteiger partial charge >= 0.3 is 0 Å². The third kappa shape index (κ3) is 10.5. The molecular formula is C26H39NO6S. The van der Waals surface area contributed by atoms with Gasteiger partial charge in [-0.2, -0.15) is 0 Å². The van der Waals surface area contributed by atoms with E-state index >= 15 is 0 Å². The highest BCUT2D eigenvalue weighted by molar-refractivity contribution is 7.90. The molecule has 7 nitrogen and oxygen atoms in total. The molecular weight excluding hydrogens is 454 g/mol. The van der Waals surface area contributed by atoms with E-state index in [0.29, 0.717) is 29.2 Å². The predicted molar refractivity (Wildman–Crippen MR) is 134 cm³/mol. The molecule has 4 N–H and O–H groups in total. The van der Waals surface area contributed by atoms with Gasteiger partial charge in [-0.1, -0.05) is 43.5 Å². The zero-order valence-electron chi connectivity index (χ0n) is 20.1. The highest BCUT2D eigenvalue weighted by atomic mass is 32.2. The van der Waals surface area contributed by atoms with Crippen molar-refractivity contribution in [1.82, 2.24) is 5.32 Å². The molecule has 0 aliphatic heterocycles. The molecule has 1 unspecified atom stereocenters. The van der Waals surface area contributed by atoms with Crippen molar-refractivity contribution in [1.29, 1.82) is 0 Å². The average Bonchev–Trinajstić information content (AvgIpc) is 2.81. The molecule has 0 amide bonds. The number of unbranched alkanes of at least 4 members (excludes halogenated alkanes) is 4. The zero-order chi connectivity index (χ0) is 24.8. The molecule has 0 radical (unpaired) electrons. The molecule has 0 saturated carbocycles. The Bertz CT molecular complexity index is 964. The van der Waals surface area contributed by atoms with Crippen molar-refractivity contribution in [3.63, 3.8) is 0 Å². The maximum Gasteiger partial charge on any atom is 0.175 e. The molecule has 1 atom stereocenters. The molecule has 0 spiro atoms. The lowest BCUT2D eigenvalue weighted by molar-refractivity contribution is 0.127. The summed E-state index contributed by atoms with van der Waals surface area (Å²) < 4.78 is 28.9. The van der Waals surface area contributed by atoms with E-state index < -0.39 is 15.9 Å². The minimum Gasteiger partial charge on any atom is -0.508 e. The normalized spacial score (nSPS) is 12.7. The van der Waals surface area contributed by atoms with Gasteiger partial charge in [-0.15, -0.1) is 0 Å². The summed E-state index contributed by atoms with van der Waals surface area (Å²) in [5.41, 5.74) is 2.10. The van der Waals surface area contributed by atoms with E-state index in [0.717, 1.165) is 63.7 Å². The van der Waals surface area contributed by atoms with Crippen molar-refractivity contribution in [2.24, 2.45) is 0 Å². The van der Waals surface area contributed by atoms with Gasteiger partial charge in [-0.05, 0) is 61.6 Å². The van der Waals surface area contributed by atoms with E-state index in [-0.39, 0.29) is 12.4 Å². The van der Waals surface area contributed by atoms with Crippen LogP contribution in [-0.4, -0.2) is 56.3 Å². The molecule has 0 aliphatic rings. The van der Waals surface area contributed by atoms with E-state index in [2.05, 4.69) is 5.32 Å². The number of ether oxygens (including phenoxy) is 1. The summed E-state index contributed by atoms with van der Waals surface area (Å²) in [4.78, 5) is 0.367. The summed E-state index contributed by atoms with van der Waals surface area (Å²) in [6.07, 6.45) is 7.65. The van der Waals surface area contributed by atoms with Crippen LogP contribution >= 0.6 is 0 Å². The quantitative estimate of drug-likeness (QED) is 0.249. The molecule has 34 heavy (non-hydrogen) atoms. The predicted octanol–water partition coefficient (Wildman–Crippen LogP) is 3.51. The summed E-state index contributed by atoms with van der Waals surface area (Å²) >= 11 is 0. The molecule has 2 rings (SSSR count). The van der Waals surface area contributed by atoms with Crippen LogP contribution in [0.1, 0.15) is 61.3 Å². The second-order valence-electron chi connectivity index (χ2n) is 8.67. The number of sulfone groups is 1. The number of rotatable bonds is 17. The van der Waals surface area contributed by atoms with Gasteiger partial charge in [0.25, 0.3) is 0 Å². The molecule has 2 aromatic carbocycles. The number of aliphatic hydroxyl groups is 2. The van der Waals surface area contributed by atoms with Crippen molar-refractivity contribution in [3.05, 3.63) is 59.2 Å². The molecule has 190 valence electrons. The maximum absolute atomic E-state index is 11.6. The van der Waals surface area contributed by atoms with Crippen molar-refractivity contribution < 1.29 is 28.5 Å². The van der Waals surface area contributed by atoms with Crippen molar-refractivity contribution in [2.45, 2.75) is 62.6 Å². The van der Waals surface area contributed by atoms with Crippen molar-refractivity contribution in [2.75, 3.05) is 32.6 Å². The Morgan fingerprint density at radius 3 is 2.44 bits per heavy atom. The Balaban J connectivity index is 1.43. The summed E-state index contributed by atoms with van der Waals surface area (Å²) in [6.45, 7) is 2.45. The van der Waals surface area contributed by atoms with Crippen molar-refractivity contribution in [3.8, 4) is 5.75 Å². The van der Waals surface area contributed by atoms with E-state index in [1.165, 1.54) is 12.3 Å². The molecule has 0 fully saturated rings. The minimum absolute atomic E-state index is 0.00224. The van der Waals surface area contributed by atoms with E-state index in [1.54, 1.807) is 30.3 Å². The van der Waals surface area contributed by atoms with E-state index in [4.69, 9.17) is 9.84 Å². The number of hydrogen-bond acceptors (Lipinski definition) is 7. The number of aliphatic hydroxyl groups excluding tert-OH is 2. The lowest BCUT2D eigenvalue weighted by Gasteiger charge is -2.13. The van der Waals surface area contributed by atoms with Gasteiger partial charge in [0.15, 0.2) is 9.84 Å². The monoisotopic (exact) mass is 493 g/mol. The molecule has 0 aromatic heterocycles. The Hall–Kier alpha value is -1.97. The third-order valence-electron chi connectivity index (χ3n) is 5.73. The van der Waals surface area contributed by atoms with Crippen LogP contribution < -0.4 is 5.32 Å². The SMILES string of the molecule is CS(=O)(=O)c1cccc(CCCOCCCCCCCNCC(O)c2ccc(CO)c(O)c2)c1. The number of aromatic hydroxyl groups is 1. The van der Waals surface area contributed by atoms with Crippen LogP contribution in [0.2, 0.25) is 0 Å². The first-order valence-electron chi connectivity index (χ1n) is 12.0. The molecule has 0 aliphatic carbocycles. The summed E-state index contributed by atoms with van der Waals surface area (Å²) in [5.74, 6) is 0.00224. The Morgan fingerprint density at radius 1 is 0.971 bits per heavy atom. The highest BCUT2D eigenvalue weighted by Crippen LogP contribution is 2.22. The Kier molecular flexibility index (Phi) is 12.6. The first-order chi connectivity index (χ1) is 16.3. The van der Waals surface area contributed by atoms with Crippen LogP contribution in [0.25, 0.3) is 0 Å². The topological polar surface area (TPSA) is 116 Å². The molecule has 8 heteroatoms. The number of phenols is 1. The molecule has 0 saturated heterocycles. The summed E-state index contributed by atoms with van der Waals surface area (Å²) in [6, 6.07) is 11.9.